The summed E-state index contributed by atoms with van der Waals surface area (Å²) in [7, 11) is 1.41. The predicted octanol–water partition coefficient (Wildman–Crippen LogP) is 1.52. The SMILES string of the molecule is COC1=CC(=O)OC(C=Cc2ccccc2)C1O. The maximum atomic E-state index is 11.3. The Kier molecular flexibility index (Phi) is 3.79. The third kappa shape index (κ3) is 2.78. The summed E-state index contributed by atoms with van der Waals surface area (Å²) in [4.78, 5) is 11.3. The molecule has 1 aliphatic rings. The van der Waals surface area contributed by atoms with Crippen LogP contribution in [-0.4, -0.2) is 30.4 Å². The Morgan fingerprint density at radius 2 is 2.06 bits per heavy atom. The van der Waals surface area contributed by atoms with E-state index < -0.39 is 18.2 Å². The molecule has 94 valence electrons. The monoisotopic (exact) mass is 246 g/mol. The molecule has 0 saturated carbocycles. The Labute approximate surface area is 105 Å². The van der Waals surface area contributed by atoms with Gasteiger partial charge < -0.3 is 14.6 Å². The van der Waals surface area contributed by atoms with Gasteiger partial charge in [-0.2, -0.15) is 0 Å². The maximum Gasteiger partial charge on any atom is 0.334 e. The number of benzene rings is 1. The highest BCUT2D eigenvalue weighted by atomic mass is 16.6. The Bertz CT molecular complexity index is 476. The second-order valence-corrected chi connectivity index (χ2v) is 3.87. The van der Waals surface area contributed by atoms with Crippen LogP contribution in [-0.2, 0) is 14.3 Å². The number of cyclic esters (lactones) is 1. The molecule has 4 nitrogen and oxygen atoms in total. The van der Waals surface area contributed by atoms with Gasteiger partial charge in [-0.05, 0) is 11.6 Å². The second kappa shape index (κ2) is 5.51. The van der Waals surface area contributed by atoms with Gasteiger partial charge >= 0.3 is 5.97 Å². The summed E-state index contributed by atoms with van der Waals surface area (Å²) >= 11 is 0. The first-order valence-corrected chi connectivity index (χ1v) is 5.58. The summed E-state index contributed by atoms with van der Waals surface area (Å²) in [5, 5.41) is 9.90. The van der Waals surface area contributed by atoms with E-state index in [1.807, 2.05) is 30.3 Å². The number of aliphatic hydroxyl groups is 1. The fourth-order valence-corrected chi connectivity index (χ4v) is 1.69. The molecule has 0 amide bonds. The molecule has 4 heteroatoms. The van der Waals surface area contributed by atoms with Crippen molar-refractivity contribution in [3.63, 3.8) is 0 Å². The zero-order chi connectivity index (χ0) is 13.0. The highest BCUT2D eigenvalue weighted by Crippen LogP contribution is 2.19. The van der Waals surface area contributed by atoms with Gasteiger partial charge in [-0.25, -0.2) is 4.79 Å². The first kappa shape index (κ1) is 12.4. The minimum atomic E-state index is -0.965. The van der Waals surface area contributed by atoms with E-state index in [2.05, 4.69) is 0 Å². The molecule has 1 aliphatic heterocycles. The van der Waals surface area contributed by atoms with E-state index in [0.717, 1.165) is 11.6 Å². The van der Waals surface area contributed by atoms with E-state index in [-0.39, 0.29) is 5.76 Å². The molecular weight excluding hydrogens is 232 g/mol. The Balaban J connectivity index is 2.13. The average molecular weight is 246 g/mol. The van der Waals surface area contributed by atoms with Crippen LogP contribution < -0.4 is 0 Å². The molecule has 0 aromatic heterocycles. The van der Waals surface area contributed by atoms with Crippen molar-refractivity contribution in [1.29, 1.82) is 0 Å². The first-order valence-electron chi connectivity index (χ1n) is 5.58. The molecule has 18 heavy (non-hydrogen) atoms. The molecule has 1 heterocycles. The van der Waals surface area contributed by atoms with Crippen molar-refractivity contribution in [3.05, 3.63) is 53.8 Å². The molecule has 0 bridgehead atoms. The minimum Gasteiger partial charge on any atom is -0.498 e. The van der Waals surface area contributed by atoms with Gasteiger partial charge in [0, 0.05) is 0 Å². The van der Waals surface area contributed by atoms with Crippen LogP contribution in [0.3, 0.4) is 0 Å². The average Bonchev–Trinajstić information content (AvgIpc) is 2.40. The van der Waals surface area contributed by atoms with Crippen molar-refractivity contribution >= 4 is 12.0 Å². The van der Waals surface area contributed by atoms with Crippen LogP contribution in [0.1, 0.15) is 5.56 Å². The van der Waals surface area contributed by atoms with Crippen molar-refractivity contribution in [2.45, 2.75) is 12.2 Å². The Morgan fingerprint density at radius 1 is 1.33 bits per heavy atom. The Hall–Kier alpha value is -2.07. The zero-order valence-corrected chi connectivity index (χ0v) is 9.95. The van der Waals surface area contributed by atoms with Gasteiger partial charge in [0.2, 0.25) is 0 Å². The molecule has 2 unspecified atom stereocenters. The van der Waals surface area contributed by atoms with Gasteiger partial charge in [0.25, 0.3) is 0 Å². The van der Waals surface area contributed by atoms with Crippen molar-refractivity contribution < 1.29 is 19.4 Å². The number of hydrogen-bond acceptors (Lipinski definition) is 4. The summed E-state index contributed by atoms with van der Waals surface area (Å²) < 4.78 is 9.95. The number of carbonyl (C=O) groups excluding carboxylic acids is 1. The normalized spacial score (nSPS) is 23.7. The predicted molar refractivity (Wildman–Crippen MR) is 66.5 cm³/mol. The molecular formula is C14H14O4. The van der Waals surface area contributed by atoms with E-state index in [9.17, 15) is 9.90 Å². The lowest BCUT2D eigenvalue weighted by Crippen LogP contribution is -2.35. The van der Waals surface area contributed by atoms with Crippen molar-refractivity contribution in [2.75, 3.05) is 7.11 Å². The largest absolute Gasteiger partial charge is 0.498 e. The van der Waals surface area contributed by atoms with Gasteiger partial charge in [-0.15, -0.1) is 0 Å². The highest BCUT2D eigenvalue weighted by Gasteiger charge is 2.30. The van der Waals surface area contributed by atoms with Crippen LogP contribution in [0.15, 0.2) is 48.2 Å². The highest BCUT2D eigenvalue weighted by molar-refractivity contribution is 5.84. The van der Waals surface area contributed by atoms with E-state index in [4.69, 9.17) is 9.47 Å². The topological polar surface area (TPSA) is 55.8 Å². The fraction of sp³-hybridized carbons (Fsp3) is 0.214. The molecule has 0 saturated heterocycles. The van der Waals surface area contributed by atoms with E-state index in [1.165, 1.54) is 7.11 Å². The molecule has 2 atom stereocenters. The summed E-state index contributed by atoms with van der Waals surface area (Å²) in [5.41, 5.74) is 0.967. The number of hydrogen-bond donors (Lipinski definition) is 1. The van der Waals surface area contributed by atoms with Crippen molar-refractivity contribution in [2.24, 2.45) is 0 Å². The number of aliphatic hydroxyl groups excluding tert-OH is 1. The molecule has 1 aromatic rings. The van der Waals surface area contributed by atoms with E-state index in [0.29, 0.717) is 0 Å². The fourth-order valence-electron chi connectivity index (χ4n) is 1.69. The van der Waals surface area contributed by atoms with Crippen LogP contribution in [0.2, 0.25) is 0 Å². The van der Waals surface area contributed by atoms with Crippen LogP contribution in [0.25, 0.3) is 6.08 Å². The van der Waals surface area contributed by atoms with Gasteiger partial charge in [0.05, 0.1) is 13.2 Å². The smallest absolute Gasteiger partial charge is 0.334 e. The van der Waals surface area contributed by atoms with Crippen LogP contribution in [0.5, 0.6) is 0 Å². The number of ether oxygens (including phenoxy) is 2. The number of rotatable bonds is 3. The van der Waals surface area contributed by atoms with Gasteiger partial charge in [-0.1, -0.05) is 36.4 Å². The van der Waals surface area contributed by atoms with Crippen LogP contribution in [0.4, 0.5) is 0 Å². The quantitative estimate of drug-likeness (QED) is 0.821. The van der Waals surface area contributed by atoms with E-state index >= 15 is 0 Å². The molecule has 0 spiro atoms. The molecule has 0 radical (unpaired) electrons. The number of carbonyl (C=O) groups is 1. The Morgan fingerprint density at radius 3 is 2.72 bits per heavy atom. The van der Waals surface area contributed by atoms with Crippen molar-refractivity contribution in [3.8, 4) is 0 Å². The lowest BCUT2D eigenvalue weighted by Gasteiger charge is -2.25. The molecule has 0 aliphatic carbocycles. The number of methoxy groups -OCH3 is 1. The maximum absolute atomic E-state index is 11.3. The first-order chi connectivity index (χ1) is 8.70. The molecule has 2 rings (SSSR count). The lowest BCUT2D eigenvalue weighted by atomic mass is 10.1. The van der Waals surface area contributed by atoms with Gasteiger partial charge in [0.15, 0.2) is 12.2 Å². The van der Waals surface area contributed by atoms with Crippen LogP contribution in [0, 0.1) is 0 Å². The lowest BCUT2D eigenvalue weighted by molar-refractivity contribution is -0.148. The summed E-state index contributed by atoms with van der Waals surface area (Å²) in [5.74, 6) is -0.297. The minimum absolute atomic E-state index is 0.217. The second-order valence-electron chi connectivity index (χ2n) is 3.87. The van der Waals surface area contributed by atoms with Gasteiger partial charge in [-0.3, -0.25) is 0 Å². The standard InChI is InChI=1S/C14H14O4/c1-17-12-9-13(15)18-11(14(12)16)8-7-10-5-3-2-4-6-10/h2-9,11,14,16H,1H3. The summed E-state index contributed by atoms with van der Waals surface area (Å²) in [6, 6.07) is 9.56. The summed E-state index contributed by atoms with van der Waals surface area (Å²) in [6.45, 7) is 0. The molecule has 1 aromatic carbocycles. The third-order valence-electron chi connectivity index (χ3n) is 2.63. The molecule has 0 fully saturated rings. The zero-order valence-electron chi connectivity index (χ0n) is 9.95. The van der Waals surface area contributed by atoms with E-state index in [1.54, 1.807) is 12.2 Å². The third-order valence-corrected chi connectivity index (χ3v) is 2.63. The van der Waals surface area contributed by atoms with Crippen molar-refractivity contribution in [1.82, 2.24) is 0 Å². The van der Waals surface area contributed by atoms with Gasteiger partial charge in [0.1, 0.15) is 5.76 Å². The van der Waals surface area contributed by atoms with Crippen LogP contribution >= 0.6 is 0 Å². The summed E-state index contributed by atoms with van der Waals surface area (Å²) in [6.07, 6.45) is 2.90. The molecule has 1 N–H and O–H groups in total. The number of esters is 1.